The lowest BCUT2D eigenvalue weighted by Gasteiger charge is -2.12. The minimum atomic E-state index is -4.61. The molecule has 0 amide bonds. The molecular formula is C21H21F3N6O2S. The number of hydrogen-bond acceptors (Lipinski definition) is 8. The fourth-order valence-electron chi connectivity index (χ4n) is 3.07. The molecule has 8 nitrogen and oxygen atoms in total. The maximum absolute atomic E-state index is 13.1. The zero-order chi connectivity index (χ0) is 23.6. The monoisotopic (exact) mass is 478 g/mol. The second-order valence-electron chi connectivity index (χ2n) is 7.80. The Balaban J connectivity index is 1.67. The van der Waals surface area contributed by atoms with E-state index in [0.29, 0.717) is 18.2 Å². The van der Waals surface area contributed by atoms with Crippen LogP contribution >= 0.6 is 0 Å². The molecule has 1 saturated carbocycles. The second-order valence-corrected chi connectivity index (χ2v) is 9.81. The van der Waals surface area contributed by atoms with Gasteiger partial charge in [0.25, 0.3) is 0 Å². The molecule has 2 aromatic heterocycles. The van der Waals surface area contributed by atoms with Gasteiger partial charge in [0.15, 0.2) is 15.7 Å². The average molecular weight is 479 g/mol. The number of aromatic nitrogens is 4. The third kappa shape index (κ3) is 6.15. The van der Waals surface area contributed by atoms with Crippen LogP contribution in [-0.4, -0.2) is 41.2 Å². The molecular weight excluding hydrogens is 457 g/mol. The van der Waals surface area contributed by atoms with Gasteiger partial charge in [0.2, 0.25) is 11.9 Å². The maximum atomic E-state index is 13.1. The summed E-state index contributed by atoms with van der Waals surface area (Å²) in [5.74, 6) is 0.840. The Morgan fingerprint density at radius 2 is 1.73 bits per heavy atom. The lowest BCUT2D eigenvalue weighted by Crippen LogP contribution is -2.12. The van der Waals surface area contributed by atoms with E-state index >= 15 is 0 Å². The molecule has 0 atom stereocenters. The smallest absolute Gasteiger partial charge is 0.354 e. The van der Waals surface area contributed by atoms with Crippen molar-refractivity contribution >= 4 is 27.4 Å². The van der Waals surface area contributed by atoms with Gasteiger partial charge in [-0.1, -0.05) is 25.0 Å². The molecule has 33 heavy (non-hydrogen) atoms. The van der Waals surface area contributed by atoms with Crippen molar-refractivity contribution in [2.45, 2.75) is 30.3 Å². The summed E-state index contributed by atoms with van der Waals surface area (Å²) in [6.07, 6.45) is -0.221. The van der Waals surface area contributed by atoms with E-state index in [1.807, 2.05) is 0 Å². The van der Waals surface area contributed by atoms with Gasteiger partial charge >= 0.3 is 6.18 Å². The molecule has 0 radical (unpaired) electrons. The topological polar surface area (TPSA) is 110 Å². The van der Waals surface area contributed by atoms with Gasteiger partial charge in [-0.2, -0.15) is 28.1 Å². The van der Waals surface area contributed by atoms with Gasteiger partial charge in [0.05, 0.1) is 4.90 Å². The van der Waals surface area contributed by atoms with Crippen LogP contribution in [0.4, 0.5) is 30.8 Å². The van der Waals surface area contributed by atoms with Crippen LogP contribution in [0, 0.1) is 5.92 Å². The van der Waals surface area contributed by atoms with Crippen LogP contribution in [0.2, 0.25) is 0 Å². The molecule has 1 aromatic carbocycles. The highest BCUT2D eigenvalue weighted by Crippen LogP contribution is 2.32. The lowest BCUT2D eigenvalue weighted by molar-refractivity contribution is -0.141. The number of anilines is 3. The van der Waals surface area contributed by atoms with Crippen molar-refractivity contribution in [3.05, 3.63) is 48.2 Å². The number of rotatable bonds is 8. The SMILES string of the molecule is CS(=O)(=O)c1cccc(Nc2nc(NCCC3CC3)nc(-c3cccc(C(F)(F)F)n3)n2)c1. The van der Waals surface area contributed by atoms with Gasteiger partial charge in [-0.3, -0.25) is 0 Å². The average Bonchev–Trinajstić information content (AvgIpc) is 3.57. The third-order valence-corrected chi connectivity index (χ3v) is 6.07. The van der Waals surface area contributed by atoms with E-state index in [-0.39, 0.29) is 28.3 Å². The fraction of sp³-hybridized carbons (Fsp3) is 0.333. The quantitative estimate of drug-likeness (QED) is 0.493. The Hall–Kier alpha value is -3.28. The Bertz CT molecular complexity index is 1260. The maximum Gasteiger partial charge on any atom is 0.433 e. The standard InChI is InChI=1S/C21H21F3N6O2S/c1-33(31,32)15-5-2-4-14(12-15)26-20-29-18(16-6-3-7-17(27-16)21(22,23)24)28-19(30-20)25-11-10-13-8-9-13/h2-7,12-13H,8-11H2,1H3,(H2,25,26,28,29,30). The van der Waals surface area contributed by atoms with Crippen molar-refractivity contribution in [1.29, 1.82) is 0 Å². The summed E-state index contributed by atoms with van der Waals surface area (Å²) in [5, 5.41) is 5.99. The normalized spacial score (nSPS) is 14.2. The Morgan fingerprint density at radius 1 is 1.00 bits per heavy atom. The van der Waals surface area contributed by atoms with Crippen LogP contribution in [0.25, 0.3) is 11.5 Å². The molecule has 0 aliphatic heterocycles. The van der Waals surface area contributed by atoms with Gasteiger partial charge in [0, 0.05) is 18.5 Å². The van der Waals surface area contributed by atoms with Gasteiger partial charge < -0.3 is 10.6 Å². The first-order chi connectivity index (χ1) is 15.6. The van der Waals surface area contributed by atoms with E-state index in [1.54, 1.807) is 12.1 Å². The van der Waals surface area contributed by atoms with Crippen LogP contribution in [0.15, 0.2) is 47.4 Å². The van der Waals surface area contributed by atoms with Crippen molar-refractivity contribution in [2.24, 2.45) is 5.92 Å². The van der Waals surface area contributed by atoms with Gasteiger partial charge in [-0.05, 0) is 42.7 Å². The summed E-state index contributed by atoms with van der Waals surface area (Å²) in [6.45, 7) is 0.604. The van der Waals surface area contributed by atoms with E-state index in [1.165, 1.54) is 37.1 Å². The Morgan fingerprint density at radius 3 is 2.42 bits per heavy atom. The predicted molar refractivity (Wildman–Crippen MR) is 117 cm³/mol. The molecule has 2 heterocycles. The molecule has 12 heteroatoms. The molecule has 4 rings (SSSR count). The van der Waals surface area contributed by atoms with Crippen LogP contribution < -0.4 is 10.6 Å². The van der Waals surface area contributed by atoms with Crippen molar-refractivity contribution < 1.29 is 21.6 Å². The summed E-state index contributed by atoms with van der Waals surface area (Å²) >= 11 is 0. The van der Waals surface area contributed by atoms with E-state index < -0.39 is 21.7 Å². The van der Waals surface area contributed by atoms with Crippen molar-refractivity contribution in [3.8, 4) is 11.5 Å². The summed E-state index contributed by atoms with van der Waals surface area (Å²) in [5.41, 5.74) is -0.722. The van der Waals surface area contributed by atoms with E-state index in [4.69, 9.17) is 0 Å². The third-order valence-electron chi connectivity index (χ3n) is 4.95. The number of alkyl halides is 3. The molecule has 0 spiro atoms. The first-order valence-corrected chi connectivity index (χ1v) is 12.1. The van der Waals surface area contributed by atoms with Crippen molar-refractivity contribution in [1.82, 2.24) is 19.9 Å². The Labute approximate surface area is 188 Å². The van der Waals surface area contributed by atoms with Crippen LogP contribution in [0.5, 0.6) is 0 Å². The summed E-state index contributed by atoms with van der Waals surface area (Å²) in [6, 6.07) is 9.54. The zero-order valence-corrected chi connectivity index (χ0v) is 18.4. The first-order valence-electron chi connectivity index (χ1n) is 10.2. The highest BCUT2D eigenvalue weighted by atomic mass is 32.2. The number of nitrogens with zero attached hydrogens (tertiary/aromatic N) is 4. The van der Waals surface area contributed by atoms with Crippen molar-refractivity contribution in [2.75, 3.05) is 23.4 Å². The minimum Gasteiger partial charge on any atom is -0.354 e. The zero-order valence-electron chi connectivity index (χ0n) is 17.6. The van der Waals surface area contributed by atoms with E-state index in [2.05, 4.69) is 30.6 Å². The molecule has 3 aromatic rings. The number of nitrogens with one attached hydrogen (secondary N) is 2. The Kier molecular flexibility index (Phi) is 6.19. The number of pyridine rings is 1. The number of halogens is 3. The largest absolute Gasteiger partial charge is 0.433 e. The van der Waals surface area contributed by atoms with Gasteiger partial charge in [-0.15, -0.1) is 0 Å². The molecule has 0 unspecified atom stereocenters. The summed E-state index contributed by atoms with van der Waals surface area (Å²) in [7, 11) is -3.43. The first kappa shape index (κ1) is 22.9. The fourth-order valence-corrected chi connectivity index (χ4v) is 3.74. The van der Waals surface area contributed by atoms with E-state index in [9.17, 15) is 21.6 Å². The highest BCUT2D eigenvalue weighted by Gasteiger charge is 2.32. The predicted octanol–water partition coefficient (Wildman–Crippen LogP) is 4.31. The van der Waals surface area contributed by atoms with Gasteiger partial charge in [-0.25, -0.2) is 13.4 Å². The van der Waals surface area contributed by atoms with E-state index in [0.717, 1.165) is 18.7 Å². The molecule has 1 fully saturated rings. The second kappa shape index (κ2) is 8.93. The van der Waals surface area contributed by atoms with Crippen molar-refractivity contribution in [3.63, 3.8) is 0 Å². The number of benzene rings is 1. The van der Waals surface area contributed by atoms with Crippen LogP contribution in [-0.2, 0) is 16.0 Å². The lowest BCUT2D eigenvalue weighted by atomic mass is 10.3. The minimum absolute atomic E-state index is 0.0405. The van der Waals surface area contributed by atoms with Crippen LogP contribution in [0.3, 0.4) is 0 Å². The molecule has 0 saturated heterocycles. The summed E-state index contributed by atoms with van der Waals surface area (Å²) < 4.78 is 63.1. The van der Waals surface area contributed by atoms with Gasteiger partial charge in [0.1, 0.15) is 11.4 Å². The highest BCUT2D eigenvalue weighted by molar-refractivity contribution is 7.90. The number of sulfone groups is 1. The van der Waals surface area contributed by atoms with Crippen LogP contribution in [0.1, 0.15) is 25.0 Å². The molecule has 1 aliphatic carbocycles. The molecule has 174 valence electrons. The molecule has 2 N–H and O–H groups in total. The summed E-state index contributed by atoms with van der Waals surface area (Å²) in [4.78, 5) is 16.5. The number of hydrogen-bond donors (Lipinski definition) is 2. The molecule has 1 aliphatic rings. The molecule has 0 bridgehead atoms.